The molecule has 1 N–H and O–H groups in total. The van der Waals surface area contributed by atoms with Crippen LogP contribution >= 0.6 is 11.3 Å². The molecule has 0 atom stereocenters. The van der Waals surface area contributed by atoms with Crippen LogP contribution in [0.5, 0.6) is 0 Å². The number of sulfonamides is 1. The number of carboxylic acids is 1. The lowest BCUT2D eigenvalue weighted by Crippen LogP contribution is -2.39. The third kappa shape index (κ3) is 3.81. The van der Waals surface area contributed by atoms with Gasteiger partial charge in [-0.25, -0.2) is 21.9 Å². The van der Waals surface area contributed by atoms with Crippen LogP contribution in [0.1, 0.15) is 40.9 Å². The van der Waals surface area contributed by atoms with Gasteiger partial charge in [-0.3, -0.25) is 0 Å². The molecule has 0 radical (unpaired) electrons. The molecule has 0 amide bonds. The van der Waals surface area contributed by atoms with Gasteiger partial charge >= 0.3 is 5.97 Å². The summed E-state index contributed by atoms with van der Waals surface area (Å²) in [6.07, 6.45) is 2.31. The van der Waals surface area contributed by atoms with Crippen molar-refractivity contribution in [2.45, 2.75) is 37.1 Å². The van der Waals surface area contributed by atoms with Gasteiger partial charge in [-0.15, -0.1) is 11.3 Å². The number of halogens is 1. The topological polar surface area (TPSA) is 74.7 Å². The van der Waals surface area contributed by atoms with Crippen LogP contribution in [0, 0.1) is 0 Å². The summed E-state index contributed by atoms with van der Waals surface area (Å²) < 4.78 is 39.9. The zero-order valence-corrected chi connectivity index (χ0v) is 13.3. The van der Waals surface area contributed by atoms with Crippen molar-refractivity contribution in [1.82, 2.24) is 4.31 Å². The Kier molecular flexibility index (Phi) is 4.69. The Morgan fingerprint density at radius 1 is 1.48 bits per heavy atom. The van der Waals surface area contributed by atoms with Crippen molar-refractivity contribution < 1.29 is 22.7 Å². The van der Waals surface area contributed by atoms with Crippen molar-refractivity contribution in [3.63, 3.8) is 0 Å². The average Bonchev–Trinajstić information content (AvgIpc) is 2.98. The maximum Gasteiger partial charge on any atom is 0.346 e. The predicted molar refractivity (Wildman–Crippen MR) is 78.8 cm³/mol. The van der Waals surface area contributed by atoms with Crippen LogP contribution in [0.15, 0.2) is 11.4 Å². The molecule has 0 saturated heterocycles. The molecule has 1 aliphatic carbocycles. The van der Waals surface area contributed by atoms with Crippen LogP contribution in [-0.4, -0.2) is 43.1 Å². The number of hydrogen-bond acceptors (Lipinski definition) is 4. The van der Waals surface area contributed by atoms with Gasteiger partial charge in [0.15, 0.2) is 0 Å². The number of nitrogens with zero attached hydrogens (tertiary/aromatic N) is 1. The van der Waals surface area contributed by atoms with Crippen molar-refractivity contribution in [3.8, 4) is 0 Å². The van der Waals surface area contributed by atoms with Gasteiger partial charge in [0.25, 0.3) is 0 Å². The molecule has 21 heavy (non-hydrogen) atoms. The zero-order chi connectivity index (χ0) is 15.7. The minimum absolute atomic E-state index is 0.0165. The van der Waals surface area contributed by atoms with E-state index in [1.807, 2.05) is 0 Å². The minimum atomic E-state index is -3.73. The molecular formula is C13H18FNO4S2. The van der Waals surface area contributed by atoms with E-state index < -0.39 is 27.4 Å². The summed E-state index contributed by atoms with van der Waals surface area (Å²) in [4.78, 5) is 11.0. The molecule has 1 aromatic rings. The highest BCUT2D eigenvalue weighted by Gasteiger charge is 2.37. The lowest BCUT2D eigenvalue weighted by atomic mass is 10.1. The SMILES string of the molecule is CN(CC1(F)CCCC1)S(=O)(=O)Cc1ccsc1C(=O)O. The molecule has 118 valence electrons. The average molecular weight is 335 g/mol. The van der Waals surface area contributed by atoms with Crippen LogP contribution in [0.3, 0.4) is 0 Å². The molecule has 1 aliphatic rings. The van der Waals surface area contributed by atoms with Crippen LogP contribution in [0.25, 0.3) is 0 Å². The second-order valence-electron chi connectivity index (χ2n) is 5.45. The van der Waals surface area contributed by atoms with E-state index >= 15 is 0 Å². The molecule has 1 fully saturated rings. The third-order valence-electron chi connectivity index (χ3n) is 3.76. The van der Waals surface area contributed by atoms with E-state index in [-0.39, 0.29) is 17.0 Å². The molecule has 2 rings (SSSR count). The fourth-order valence-electron chi connectivity index (χ4n) is 2.61. The summed E-state index contributed by atoms with van der Waals surface area (Å²) in [7, 11) is -2.38. The Hall–Kier alpha value is -0.990. The molecule has 0 aliphatic heterocycles. The highest BCUT2D eigenvalue weighted by Crippen LogP contribution is 2.34. The van der Waals surface area contributed by atoms with E-state index in [0.717, 1.165) is 28.5 Å². The summed E-state index contributed by atoms with van der Waals surface area (Å²) in [6, 6.07) is 1.49. The summed E-state index contributed by atoms with van der Waals surface area (Å²) in [6.45, 7) is -0.165. The van der Waals surface area contributed by atoms with Crippen molar-refractivity contribution in [3.05, 3.63) is 21.9 Å². The lowest BCUT2D eigenvalue weighted by molar-refractivity contribution is 0.0701. The van der Waals surface area contributed by atoms with E-state index in [2.05, 4.69) is 0 Å². The molecule has 0 bridgehead atoms. The summed E-state index contributed by atoms with van der Waals surface area (Å²) in [5.74, 6) is -1.55. The number of alkyl halides is 1. The molecule has 1 heterocycles. The van der Waals surface area contributed by atoms with Crippen LogP contribution in [0.2, 0.25) is 0 Å². The summed E-state index contributed by atoms with van der Waals surface area (Å²) >= 11 is 0.986. The molecule has 0 unspecified atom stereocenters. The van der Waals surface area contributed by atoms with Crippen molar-refractivity contribution in [2.75, 3.05) is 13.6 Å². The molecule has 1 aromatic heterocycles. The Morgan fingerprint density at radius 2 is 2.10 bits per heavy atom. The molecule has 8 heteroatoms. The Morgan fingerprint density at radius 3 is 2.67 bits per heavy atom. The Bertz CT molecular complexity index is 620. The number of carboxylic acid groups (broad SMARTS) is 1. The van der Waals surface area contributed by atoms with Crippen molar-refractivity contribution >= 4 is 27.3 Å². The highest BCUT2D eigenvalue weighted by atomic mass is 32.2. The Labute approximate surface area is 127 Å². The Balaban J connectivity index is 2.10. The maximum atomic E-state index is 14.4. The number of hydrogen-bond donors (Lipinski definition) is 1. The van der Waals surface area contributed by atoms with Crippen molar-refractivity contribution in [1.29, 1.82) is 0 Å². The van der Waals surface area contributed by atoms with Crippen molar-refractivity contribution in [2.24, 2.45) is 0 Å². The monoisotopic (exact) mass is 335 g/mol. The van der Waals surface area contributed by atoms with Gasteiger partial charge in [0, 0.05) is 13.6 Å². The predicted octanol–water partition coefficient (Wildman–Crippen LogP) is 2.49. The third-order valence-corrected chi connectivity index (χ3v) is 6.46. The largest absolute Gasteiger partial charge is 0.477 e. The van der Waals surface area contributed by atoms with E-state index in [9.17, 15) is 17.6 Å². The number of carbonyl (C=O) groups is 1. The quantitative estimate of drug-likeness (QED) is 0.867. The first-order valence-corrected chi connectivity index (χ1v) is 9.15. The van der Waals surface area contributed by atoms with Crippen LogP contribution in [0.4, 0.5) is 4.39 Å². The second kappa shape index (κ2) is 6.02. The van der Waals surface area contributed by atoms with Gasteiger partial charge in [-0.1, -0.05) is 12.8 Å². The fourth-order valence-corrected chi connectivity index (χ4v) is 4.74. The van der Waals surface area contributed by atoms with Gasteiger partial charge < -0.3 is 5.11 Å². The minimum Gasteiger partial charge on any atom is -0.477 e. The second-order valence-corrected chi connectivity index (χ2v) is 8.44. The summed E-state index contributed by atoms with van der Waals surface area (Å²) in [5, 5.41) is 10.5. The first-order valence-electron chi connectivity index (χ1n) is 6.66. The first-order chi connectivity index (χ1) is 9.73. The molecule has 5 nitrogen and oxygen atoms in total. The van der Waals surface area contributed by atoms with E-state index in [0.29, 0.717) is 12.8 Å². The number of thiophene rings is 1. The highest BCUT2D eigenvalue weighted by molar-refractivity contribution is 7.88. The van der Waals surface area contributed by atoms with Gasteiger partial charge in [0.05, 0.1) is 5.75 Å². The van der Waals surface area contributed by atoms with Gasteiger partial charge in [0.2, 0.25) is 10.0 Å². The van der Waals surface area contributed by atoms with Gasteiger partial charge in [-0.2, -0.15) is 0 Å². The van der Waals surface area contributed by atoms with Gasteiger partial charge in [-0.05, 0) is 29.9 Å². The maximum absolute atomic E-state index is 14.4. The van der Waals surface area contributed by atoms with E-state index in [1.165, 1.54) is 13.1 Å². The fraction of sp³-hybridized carbons (Fsp3) is 0.615. The summed E-state index contributed by atoms with van der Waals surface area (Å²) in [5.41, 5.74) is -1.20. The number of aromatic carboxylic acids is 1. The first kappa shape index (κ1) is 16.4. The molecular weight excluding hydrogens is 317 g/mol. The molecule has 0 aromatic carbocycles. The smallest absolute Gasteiger partial charge is 0.346 e. The van der Waals surface area contributed by atoms with Gasteiger partial charge in [0.1, 0.15) is 10.5 Å². The normalized spacial score (nSPS) is 18.2. The molecule has 1 saturated carbocycles. The lowest BCUT2D eigenvalue weighted by Gasteiger charge is -2.25. The molecule has 0 spiro atoms. The zero-order valence-electron chi connectivity index (χ0n) is 11.7. The van der Waals surface area contributed by atoms with Crippen LogP contribution in [-0.2, 0) is 15.8 Å². The van der Waals surface area contributed by atoms with E-state index in [1.54, 1.807) is 5.38 Å². The van der Waals surface area contributed by atoms with E-state index in [4.69, 9.17) is 5.11 Å². The standard InChI is InChI=1S/C13H18FNO4S2/c1-15(9-13(14)5-2-3-6-13)21(18,19)8-10-4-7-20-11(10)12(16)17/h4,7H,2-3,5-6,8-9H2,1H3,(H,16,17). The number of rotatable bonds is 6. The van der Waals surface area contributed by atoms with Crippen LogP contribution < -0.4 is 0 Å².